The van der Waals surface area contributed by atoms with Gasteiger partial charge in [0.25, 0.3) is 0 Å². The predicted octanol–water partition coefficient (Wildman–Crippen LogP) is 4.42. The highest BCUT2D eigenvalue weighted by Gasteiger charge is 2.12. The molecule has 0 saturated carbocycles. The second kappa shape index (κ2) is 7.52. The maximum absolute atomic E-state index is 12.5. The summed E-state index contributed by atoms with van der Waals surface area (Å²) < 4.78 is 12.6. The molecule has 0 aliphatic heterocycles. The van der Waals surface area contributed by atoms with Gasteiger partial charge < -0.3 is 19.4 Å². The fourth-order valence-corrected chi connectivity index (χ4v) is 2.97. The number of hydrogen-bond acceptors (Lipinski definition) is 3. The molecular formula is C21H24N2O3. The second-order valence-corrected chi connectivity index (χ2v) is 6.53. The van der Waals surface area contributed by atoms with Crippen molar-refractivity contribution in [2.75, 3.05) is 19.5 Å². The molecule has 0 aliphatic carbocycles. The van der Waals surface area contributed by atoms with Crippen LogP contribution in [0.3, 0.4) is 0 Å². The van der Waals surface area contributed by atoms with Crippen molar-refractivity contribution in [2.24, 2.45) is 0 Å². The lowest BCUT2D eigenvalue weighted by Gasteiger charge is -2.11. The Balaban J connectivity index is 1.78. The van der Waals surface area contributed by atoms with Crippen LogP contribution in [-0.2, 0) is 11.3 Å². The predicted molar refractivity (Wildman–Crippen MR) is 104 cm³/mol. The molecule has 5 heteroatoms. The fourth-order valence-electron chi connectivity index (χ4n) is 2.97. The van der Waals surface area contributed by atoms with Crippen molar-refractivity contribution in [1.29, 1.82) is 0 Å². The molecule has 1 amide bonds. The number of benzene rings is 2. The Morgan fingerprint density at radius 3 is 2.42 bits per heavy atom. The maximum Gasteiger partial charge on any atom is 0.244 e. The van der Waals surface area contributed by atoms with E-state index in [0.717, 1.165) is 22.3 Å². The summed E-state index contributed by atoms with van der Waals surface area (Å²) in [5, 5.41) is 3.89. The minimum Gasteiger partial charge on any atom is -0.497 e. The first-order chi connectivity index (χ1) is 12.5. The number of aromatic nitrogens is 1. The summed E-state index contributed by atoms with van der Waals surface area (Å²) in [5.74, 6) is 1.80. The van der Waals surface area contributed by atoms with Gasteiger partial charge in [-0.05, 0) is 29.7 Å². The number of nitrogens with one attached hydrogen (secondary N) is 1. The molecule has 0 unspecified atom stereocenters. The van der Waals surface area contributed by atoms with E-state index < -0.39 is 0 Å². The summed E-state index contributed by atoms with van der Waals surface area (Å²) in [4.78, 5) is 12.5. The van der Waals surface area contributed by atoms with Gasteiger partial charge in [-0.25, -0.2) is 0 Å². The minimum absolute atomic E-state index is 0.0819. The van der Waals surface area contributed by atoms with Crippen molar-refractivity contribution in [3.63, 3.8) is 0 Å². The Morgan fingerprint density at radius 2 is 1.81 bits per heavy atom. The van der Waals surface area contributed by atoms with Crippen LogP contribution in [0.2, 0.25) is 0 Å². The van der Waals surface area contributed by atoms with E-state index in [1.165, 1.54) is 5.56 Å². The molecule has 3 rings (SSSR count). The van der Waals surface area contributed by atoms with E-state index in [0.29, 0.717) is 11.7 Å². The SMILES string of the molecule is COc1cc(OC)c2ccn(CC(=O)Nc3ccc(C(C)C)cc3)c2c1. The highest BCUT2D eigenvalue weighted by atomic mass is 16.5. The first-order valence-corrected chi connectivity index (χ1v) is 8.62. The van der Waals surface area contributed by atoms with Crippen LogP contribution in [0.15, 0.2) is 48.7 Å². The van der Waals surface area contributed by atoms with E-state index in [9.17, 15) is 4.79 Å². The Bertz CT molecular complexity index is 911. The van der Waals surface area contributed by atoms with Gasteiger partial charge in [-0.3, -0.25) is 4.79 Å². The summed E-state index contributed by atoms with van der Waals surface area (Å²) in [6.45, 7) is 4.51. The number of hydrogen-bond donors (Lipinski definition) is 1. The molecule has 0 atom stereocenters. The molecule has 0 saturated heterocycles. The van der Waals surface area contributed by atoms with E-state index in [1.807, 2.05) is 53.2 Å². The summed E-state index contributed by atoms with van der Waals surface area (Å²) in [6, 6.07) is 13.6. The first kappa shape index (κ1) is 17.9. The third kappa shape index (κ3) is 3.67. The van der Waals surface area contributed by atoms with Crippen molar-refractivity contribution in [1.82, 2.24) is 4.57 Å². The van der Waals surface area contributed by atoms with Crippen LogP contribution in [-0.4, -0.2) is 24.7 Å². The third-order valence-electron chi connectivity index (χ3n) is 4.45. The number of carbonyl (C=O) groups is 1. The average Bonchev–Trinajstić information content (AvgIpc) is 3.04. The number of nitrogens with zero attached hydrogens (tertiary/aromatic N) is 1. The molecule has 5 nitrogen and oxygen atoms in total. The molecule has 136 valence electrons. The van der Waals surface area contributed by atoms with Gasteiger partial charge in [0.15, 0.2) is 0 Å². The largest absolute Gasteiger partial charge is 0.497 e. The van der Waals surface area contributed by atoms with Gasteiger partial charge in [-0.15, -0.1) is 0 Å². The zero-order valence-corrected chi connectivity index (χ0v) is 15.6. The minimum atomic E-state index is -0.0819. The molecule has 1 aromatic heterocycles. The molecule has 2 aromatic carbocycles. The highest BCUT2D eigenvalue weighted by molar-refractivity contribution is 5.93. The molecule has 0 fully saturated rings. The zero-order valence-electron chi connectivity index (χ0n) is 15.6. The topological polar surface area (TPSA) is 52.5 Å². The molecule has 1 N–H and O–H groups in total. The van der Waals surface area contributed by atoms with Crippen LogP contribution in [0.25, 0.3) is 10.9 Å². The summed E-state index contributed by atoms with van der Waals surface area (Å²) in [5.41, 5.74) is 2.94. The number of amides is 1. The van der Waals surface area contributed by atoms with Crippen LogP contribution in [0.5, 0.6) is 11.5 Å². The monoisotopic (exact) mass is 352 g/mol. The third-order valence-corrected chi connectivity index (χ3v) is 4.45. The molecule has 26 heavy (non-hydrogen) atoms. The molecule has 0 radical (unpaired) electrons. The Kier molecular flexibility index (Phi) is 5.16. The van der Waals surface area contributed by atoms with Gasteiger partial charge in [-0.1, -0.05) is 26.0 Å². The quantitative estimate of drug-likeness (QED) is 0.714. The van der Waals surface area contributed by atoms with Crippen LogP contribution in [0.4, 0.5) is 5.69 Å². The molecule has 0 aliphatic rings. The van der Waals surface area contributed by atoms with Gasteiger partial charge in [-0.2, -0.15) is 0 Å². The second-order valence-electron chi connectivity index (χ2n) is 6.53. The smallest absolute Gasteiger partial charge is 0.244 e. The average molecular weight is 352 g/mol. The Labute approximate surface area is 153 Å². The number of ether oxygens (including phenoxy) is 2. The maximum atomic E-state index is 12.5. The van der Waals surface area contributed by atoms with Gasteiger partial charge >= 0.3 is 0 Å². The standard InChI is InChI=1S/C21H24N2O3/c1-14(2)15-5-7-16(8-6-15)22-21(24)13-23-10-9-18-19(23)11-17(25-3)12-20(18)26-4/h5-12,14H,13H2,1-4H3,(H,22,24). The summed E-state index contributed by atoms with van der Waals surface area (Å²) in [7, 11) is 3.24. The Hall–Kier alpha value is -2.95. The number of methoxy groups -OCH3 is 2. The van der Waals surface area contributed by atoms with Gasteiger partial charge in [0.2, 0.25) is 5.91 Å². The molecule has 3 aromatic rings. The lowest BCUT2D eigenvalue weighted by molar-refractivity contribution is -0.116. The molecular weight excluding hydrogens is 328 g/mol. The van der Waals surface area contributed by atoms with E-state index in [-0.39, 0.29) is 12.5 Å². The fraction of sp³-hybridized carbons (Fsp3) is 0.286. The van der Waals surface area contributed by atoms with Crippen molar-refractivity contribution < 1.29 is 14.3 Å². The van der Waals surface area contributed by atoms with Crippen molar-refractivity contribution in [2.45, 2.75) is 26.3 Å². The lowest BCUT2D eigenvalue weighted by atomic mass is 10.0. The molecule has 0 bridgehead atoms. The normalized spacial score (nSPS) is 11.0. The first-order valence-electron chi connectivity index (χ1n) is 8.62. The van der Waals surface area contributed by atoms with Gasteiger partial charge in [0, 0.05) is 29.4 Å². The van der Waals surface area contributed by atoms with Gasteiger partial charge in [0.05, 0.1) is 19.7 Å². The highest BCUT2D eigenvalue weighted by Crippen LogP contribution is 2.31. The van der Waals surface area contributed by atoms with Crippen molar-refractivity contribution in [3.05, 3.63) is 54.2 Å². The Morgan fingerprint density at radius 1 is 1.08 bits per heavy atom. The van der Waals surface area contributed by atoms with E-state index in [1.54, 1.807) is 14.2 Å². The van der Waals surface area contributed by atoms with E-state index in [4.69, 9.17) is 9.47 Å². The summed E-state index contributed by atoms with van der Waals surface area (Å²) >= 11 is 0. The summed E-state index contributed by atoms with van der Waals surface area (Å²) in [6.07, 6.45) is 1.88. The van der Waals surface area contributed by atoms with Crippen LogP contribution >= 0.6 is 0 Å². The van der Waals surface area contributed by atoms with E-state index in [2.05, 4.69) is 19.2 Å². The van der Waals surface area contributed by atoms with E-state index >= 15 is 0 Å². The zero-order chi connectivity index (χ0) is 18.7. The number of fused-ring (bicyclic) bond motifs is 1. The van der Waals surface area contributed by atoms with Crippen LogP contribution in [0.1, 0.15) is 25.3 Å². The van der Waals surface area contributed by atoms with Crippen molar-refractivity contribution in [3.8, 4) is 11.5 Å². The van der Waals surface area contributed by atoms with Crippen molar-refractivity contribution >= 4 is 22.5 Å². The lowest BCUT2D eigenvalue weighted by Crippen LogP contribution is -2.18. The van der Waals surface area contributed by atoms with Crippen LogP contribution in [0, 0.1) is 0 Å². The molecule has 1 heterocycles. The number of carbonyl (C=O) groups excluding carboxylic acids is 1. The van der Waals surface area contributed by atoms with Crippen LogP contribution < -0.4 is 14.8 Å². The number of anilines is 1. The molecule has 0 spiro atoms. The number of rotatable bonds is 6. The van der Waals surface area contributed by atoms with Gasteiger partial charge in [0.1, 0.15) is 18.0 Å².